The van der Waals surface area contributed by atoms with Gasteiger partial charge < -0.3 is 24.1 Å². The minimum absolute atomic E-state index is 0.0726. The van der Waals surface area contributed by atoms with Crippen LogP contribution in [0.15, 0.2) is 42.7 Å². The van der Waals surface area contributed by atoms with Crippen LogP contribution in [0.2, 0.25) is 0 Å². The summed E-state index contributed by atoms with van der Waals surface area (Å²) >= 11 is 0. The summed E-state index contributed by atoms with van der Waals surface area (Å²) in [4.78, 5) is 22.6. The Morgan fingerprint density at radius 2 is 1.90 bits per heavy atom. The number of methoxy groups -OCH3 is 3. The Balaban J connectivity index is 1.57. The van der Waals surface area contributed by atoms with Crippen molar-refractivity contribution < 1.29 is 19.0 Å². The Labute approximate surface area is 168 Å². The summed E-state index contributed by atoms with van der Waals surface area (Å²) in [6, 6.07) is 7.30. The van der Waals surface area contributed by atoms with E-state index in [1.165, 1.54) is 19.8 Å². The molecule has 7 heteroatoms. The number of hydrogen-bond acceptors (Lipinski definition) is 5. The van der Waals surface area contributed by atoms with Crippen molar-refractivity contribution in [3.63, 3.8) is 0 Å². The molecule has 0 fully saturated rings. The van der Waals surface area contributed by atoms with Gasteiger partial charge in [-0.05, 0) is 36.3 Å². The smallest absolute Gasteiger partial charge is 0.254 e. The van der Waals surface area contributed by atoms with Crippen molar-refractivity contribution in [2.45, 2.75) is 6.42 Å². The van der Waals surface area contributed by atoms with Crippen LogP contribution >= 0.6 is 0 Å². The minimum Gasteiger partial charge on any atom is -0.493 e. The second kappa shape index (κ2) is 7.87. The SMILES string of the molecule is COc1cc(C(=O)N2CC=C(c3c[nH]c4cccnc34)CC2)cc(OC)c1OC. The maximum Gasteiger partial charge on any atom is 0.254 e. The first-order valence-corrected chi connectivity index (χ1v) is 9.37. The molecule has 0 bridgehead atoms. The Bertz CT molecular complexity index is 1060. The summed E-state index contributed by atoms with van der Waals surface area (Å²) in [5.41, 5.74) is 4.77. The molecule has 150 valence electrons. The molecule has 0 atom stereocenters. The number of pyridine rings is 1. The molecule has 1 amide bonds. The van der Waals surface area contributed by atoms with E-state index in [2.05, 4.69) is 16.0 Å². The normalized spacial score (nSPS) is 13.9. The lowest BCUT2D eigenvalue weighted by Crippen LogP contribution is -2.34. The van der Waals surface area contributed by atoms with E-state index < -0.39 is 0 Å². The van der Waals surface area contributed by atoms with Crippen molar-refractivity contribution in [1.82, 2.24) is 14.9 Å². The van der Waals surface area contributed by atoms with Crippen molar-refractivity contribution >= 4 is 22.5 Å². The predicted octanol–water partition coefficient (Wildman–Crippen LogP) is 3.52. The molecule has 29 heavy (non-hydrogen) atoms. The largest absolute Gasteiger partial charge is 0.493 e. The number of carbonyl (C=O) groups is 1. The van der Waals surface area contributed by atoms with Crippen LogP contribution in [0.5, 0.6) is 17.2 Å². The van der Waals surface area contributed by atoms with Crippen LogP contribution < -0.4 is 14.2 Å². The quantitative estimate of drug-likeness (QED) is 0.718. The average Bonchev–Trinajstić information content (AvgIpc) is 3.21. The van der Waals surface area contributed by atoms with Crippen molar-refractivity contribution in [3.8, 4) is 17.2 Å². The first-order chi connectivity index (χ1) is 14.2. The Morgan fingerprint density at radius 3 is 2.52 bits per heavy atom. The summed E-state index contributed by atoms with van der Waals surface area (Å²) in [6.07, 6.45) is 6.64. The van der Waals surface area contributed by atoms with Gasteiger partial charge in [0.05, 0.1) is 32.4 Å². The molecule has 3 heterocycles. The minimum atomic E-state index is -0.0726. The summed E-state index contributed by atoms with van der Waals surface area (Å²) in [7, 11) is 4.62. The van der Waals surface area contributed by atoms with E-state index in [4.69, 9.17) is 14.2 Å². The van der Waals surface area contributed by atoms with Crippen LogP contribution in [0.25, 0.3) is 16.6 Å². The highest BCUT2D eigenvalue weighted by molar-refractivity contribution is 5.97. The van der Waals surface area contributed by atoms with Gasteiger partial charge in [-0.1, -0.05) is 6.08 Å². The number of ether oxygens (including phenoxy) is 3. The third-order valence-electron chi connectivity index (χ3n) is 5.19. The van der Waals surface area contributed by atoms with Gasteiger partial charge >= 0.3 is 0 Å². The lowest BCUT2D eigenvalue weighted by Gasteiger charge is -2.27. The molecule has 0 saturated carbocycles. The molecule has 0 spiro atoms. The van der Waals surface area contributed by atoms with Gasteiger partial charge in [0, 0.05) is 36.6 Å². The van der Waals surface area contributed by atoms with Gasteiger partial charge in [-0.3, -0.25) is 9.78 Å². The molecule has 2 aromatic heterocycles. The van der Waals surface area contributed by atoms with Crippen molar-refractivity contribution in [3.05, 3.63) is 53.9 Å². The van der Waals surface area contributed by atoms with E-state index in [0.29, 0.717) is 35.9 Å². The molecule has 7 nitrogen and oxygen atoms in total. The number of aromatic amines is 1. The number of hydrogen-bond donors (Lipinski definition) is 1. The number of amides is 1. The third-order valence-corrected chi connectivity index (χ3v) is 5.19. The first-order valence-electron chi connectivity index (χ1n) is 9.37. The van der Waals surface area contributed by atoms with Crippen molar-refractivity contribution in [1.29, 1.82) is 0 Å². The molecule has 1 N–H and O–H groups in total. The van der Waals surface area contributed by atoms with Crippen LogP contribution in [-0.2, 0) is 0 Å². The predicted molar refractivity (Wildman–Crippen MR) is 111 cm³/mol. The molecule has 0 saturated heterocycles. The average molecular weight is 393 g/mol. The van der Waals surface area contributed by atoms with E-state index in [-0.39, 0.29) is 5.91 Å². The molecule has 1 aliphatic rings. The Morgan fingerprint density at radius 1 is 1.14 bits per heavy atom. The van der Waals surface area contributed by atoms with Gasteiger partial charge in [0.25, 0.3) is 5.91 Å². The lowest BCUT2D eigenvalue weighted by atomic mass is 10.0. The highest BCUT2D eigenvalue weighted by atomic mass is 16.5. The monoisotopic (exact) mass is 393 g/mol. The maximum absolute atomic E-state index is 13.1. The van der Waals surface area contributed by atoms with Gasteiger partial charge in [0.1, 0.15) is 0 Å². The highest BCUT2D eigenvalue weighted by Crippen LogP contribution is 2.38. The van der Waals surface area contributed by atoms with Crippen LogP contribution in [0.3, 0.4) is 0 Å². The zero-order valence-corrected chi connectivity index (χ0v) is 16.7. The van der Waals surface area contributed by atoms with Crippen LogP contribution in [0, 0.1) is 0 Å². The van der Waals surface area contributed by atoms with Crippen LogP contribution in [0.4, 0.5) is 0 Å². The fraction of sp³-hybridized carbons (Fsp3) is 0.273. The Kier molecular flexibility index (Phi) is 5.12. The number of nitrogens with zero attached hydrogens (tertiary/aromatic N) is 2. The maximum atomic E-state index is 13.1. The van der Waals surface area contributed by atoms with E-state index in [9.17, 15) is 4.79 Å². The van der Waals surface area contributed by atoms with E-state index >= 15 is 0 Å². The second-order valence-corrected chi connectivity index (χ2v) is 6.75. The lowest BCUT2D eigenvalue weighted by molar-refractivity contribution is 0.0772. The number of rotatable bonds is 5. The molecule has 3 aromatic rings. The number of nitrogens with one attached hydrogen (secondary N) is 1. The van der Waals surface area contributed by atoms with Gasteiger partial charge in [-0.15, -0.1) is 0 Å². The van der Waals surface area contributed by atoms with Crippen LogP contribution in [-0.4, -0.2) is 55.2 Å². The molecule has 0 aliphatic carbocycles. The zero-order valence-electron chi connectivity index (χ0n) is 16.7. The molecule has 1 aliphatic heterocycles. The van der Waals surface area contributed by atoms with Crippen LogP contribution in [0.1, 0.15) is 22.3 Å². The number of aromatic nitrogens is 2. The van der Waals surface area contributed by atoms with Crippen molar-refractivity contribution in [2.75, 3.05) is 34.4 Å². The van der Waals surface area contributed by atoms with Gasteiger partial charge in [0.2, 0.25) is 5.75 Å². The fourth-order valence-corrected chi connectivity index (χ4v) is 3.68. The van der Waals surface area contributed by atoms with Gasteiger partial charge in [-0.2, -0.15) is 0 Å². The zero-order chi connectivity index (χ0) is 20.4. The molecule has 0 unspecified atom stereocenters. The number of H-pyrrole nitrogens is 1. The summed E-state index contributed by atoms with van der Waals surface area (Å²) in [6.45, 7) is 1.16. The standard InChI is InChI=1S/C22H23N3O4/c1-27-18-11-15(12-19(28-2)21(18)29-3)22(26)25-9-6-14(7-10-25)16-13-24-17-5-4-8-23-20(16)17/h4-6,8,11-13,24H,7,9-10H2,1-3H3. The van der Waals surface area contributed by atoms with Gasteiger partial charge in [0.15, 0.2) is 11.5 Å². The first kappa shape index (κ1) is 18.9. The highest BCUT2D eigenvalue weighted by Gasteiger charge is 2.23. The summed E-state index contributed by atoms with van der Waals surface area (Å²) in [5.74, 6) is 1.33. The fourth-order valence-electron chi connectivity index (χ4n) is 3.68. The summed E-state index contributed by atoms with van der Waals surface area (Å²) in [5, 5.41) is 0. The summed E-state index contributed by atoms with van der Waals surface area (Å²) < 4.78 is 16.1. The molecule has 0 radical (unpaired) electrons. The molecule has 4 rings (SSSR count). The number of carbonyl (C=O) groups excluding carboxylic acids is 1. The van der Waals surface area contributed by atoms with E-state index in [1.54, 1.807) is 25.4 Å². The molecular weight excluding hydrogens is 370 g/mol. The van der Waals surface area contributed by atoms with Gasteiger partial charge in [-0.25, -0.2) is 0 Å². The molecule has 1 aromatic carbocycles. The Hall–Kier alpha value is -3.48. The van der Waals surface area contributed by atoms with E-state index in [0.717, 1.165) is 23.0 Å². The van der Waals surface area contributed by atoms with E-state index in [1.807, 2.05) is 23.2 Å². The topological polar surface area (TPSA) is 76.7 Å². The van der Waals surface area contributed by atoms with Crippen molar-refractivity contribution in [2.24, 2.45) is 0 Å². The second-order valence-electron chi connectivity index (χ2n) is 6.75. The number of fused-ring (bicyclic) bond motifs is 1. The number of benzene rings is 1. The molecular formula is C22H23N3O4. The third kappa shape index (κ3) is 3.40.